The van der Waals surface area contributed by atoms with Crippen molar-refractivity contribution in [2.75, 3.05) is 0 Å². The molecule has 3 rings (SSSR count). The first-order valence-corrected chi connectivity index (χ1v) is 5.78. The minimum absolute atomic E-state index is 0.207. The summed E-state index contributed by atoms with van der Waals surface area (Å²) in [6.45, 7) is 1.92. The van der Waals surface area contributed by atoms with Gasteiger partial charge in [0, 0.05) is 6.42 Å². The lowest BCUT2D eigenvalue weighted by Crippen LogP contribution is -2.02. The third-order valence-electron chi connectivity index (χ3n) is 2.89. The fourth-order valence-corrected chi connectivity index (χ4v) is 1.96. The Labute approximate surface area is 104 Å². The molecule has 0 unspecified atom stereocenters. The van der Waals surface area contributed by atoms with Crippen LogP contribution < -0.4 is 0 Å². The van der Waals surface area contributed by atoms with Gasteiger partial charge >= 0.3 is 0 Å². The molecule has 3 nitrogen and oxygen atoms in total. The van der Waals surface area contributed by atoms with E-state index in [2.05, 4.69) is 10.1 Å². The number of hydrogen-bond donors (Lipinski definition) is 0. The number of aryl methyl sites for hydroxylation is 1. The smallest absolute Gasteiger partial charge is 0.135 e. The summed E-state index contributed by atoms with van der Waals surface area (Å²) in [5, 5.41) is 4.39. The number of hydrogen-bond acceptors (Lipinski definition) is 2. The van der Waals surface area contributed by atoms with Crippen LogP contribution in [0.15, 0.2) is 42.6 Å². The maximum atomic E-state index is 13.6. The third-order valence-corrected chi connectivity index (χ3v) is 2.89. The second kappa shape index (κ2) is 4.22. The third kappa shape index (κ3) is 1.86. The first-order valence-electron chi connectivity index (χ1n) is 5.78. The van der Waals surface area contributed by atoms with Gasteiger partial charge in [-0.15, -0.1) is 0 Å². The predicted octanol–water partition coefficient (Wildman–Crippen LogP) is 2.77. The number of fused-ring (bicyclic) bond motifs is 1. The molecule has 4 heteroatoms. The highest BCUT2D eigenvalue weighted by Crippen LogP contribution is 2.13. The summed E-state index contributed by atoms with van der Waals surface area (Å²) in [5.74, 6) is 0.542. The molecular formula is C14H12FN3. The van der Waals surface area contributed by atoms with Gasteiger partial charge in [-0.2, -0.15) is 5.10 Å². The van der Waals surface area contributed by atoms with Gasteiger partial charge in [0.15, 0.2) is 0 Å². The predicted molar refractivity (Wildman–Crippen MR) is 66.9 cm³/mol. The van der Waals surface area contributed by atoms with E-state index in [-0.39, 0.29) is 5.82 Å². The molecule has 0 radical (unpaired) electrons. The SMILES string of the molecule is Cc1ccc2cnc(Cc3ccccc3F)n2n1. The number of aromatic nitrogens is 3. The largest absolute Gasteiger partial charge is 0.239 e. The van der Waals surface area contributed by atoms with Crippen LogP contribution in [0.4, 0.5) is 4.39 Å². The van der Waals surface area contributed by atoms with Crippen LogP contribution in [0.25, 0.3) is 5.52 Å². The van der Waals surface area contributed by atoms with Crippen molar-refractivity contribution < 1.29 is 4.39 Å². The first-order chi connectivity index (χ1) is 8.74. The molecule has 2 aromatic heterocycles. The molecule has 3 aromatic rings. The van der Waals surface area contributed by atoms with Crippen molar-refractivity contribution in [3.05, 3.63) is 65.5 Å². The topological polar surface area (TPSA) is 30.2 Å². The Morgan fingerprint density at radius 3 is 2.83 bits per heavy atom. The molecule has 18 heavy (non-hydrogen) atoms. The van der Waals surface area contributed by atoms with Crippen molar-refractivity contribution in [1.82, 2.24) is 14.6 Å². The van der Waals surface area contributed by atoms with Gasteiger partial charge in [-0.05, 0) is 30.7 Å². The van der Waals surface area contributed by atoms with Crippen LogP contribution in [-0.2, 0) is 6.42 Å². The average Bonchev–Trinajstić information content (AvgIpc) is 2.75. The molecule has 90 valence electrons. The summed E-state index contributed by atoms with van der Waals surface area (Å²) in [5.41, 5.74) is 2.47. The van der Waals surface area contributed by atoms with Crippen molar-refractivity contribution in [2.24, 2.45) is 0 Å². The average molecular weight is 241 g/mol. The maximum Gasteiger partial charge on any atom is 0.135 e. The van der Waals surface area contributed by atoms with E-state index in [9.17, 15) is 4.39 Å². The van der Waals surface area contributed by atoms with Crippen LogP contribution in [0.1, 0.15) is 17.1 Å². The summed E-state index contributed by atoms with van der Waals surface area (Å²) < 4.78 is 15.4. The Hall–Kier alpha value is -2.23. The summed E-state index contributed by atoms with van der Waals surface area (Å²) >= 11 is 0. The minimum atomic E-state index is -0.207. The van der Waals surface area contributed by atoms with Crippen molar-refractivity contribution in [1.29, 1.82) is 0 Å². The normalized spacial score (nSPS) is 11.0. The highest BCUT2D eigenvalue weighted by Gasteiger charge is 2.08. The minimum Gasteiger partial charge on any atom is -0.239 e. The Balaban J connectivity index is 2.05. The first kappa shape index (κ1) is 10.9. The highest BCUT2D eigenvalue weighted by molar-refractivity contribution is 5.45. The second-order valence-corrected chi connectivity index (χ2v) is 4.25. The van der Waals surface area contributed by atoms with Crippen molar-refractivity contribution >= 4 is 5.52 Å². The lowest BCUT2D eigenvalue weighted by atomic mass is 10.1. The van der Waals surface area contributed by atoms with E-state index in [1.807, 2.05) is 25.1 Å². The van der Waals surface area contributed by atoms with E-state index < -0.39 is 0 Å². The van der Waals surface area contributed by atoms with Crippen LogP contribution in [-0.4, -0.2) is 14.6 Å². The molecule has 0 spiro atoms. The van der Waals surface area contributed by atoms with E-state index in [1.165, 1.54) is 6.07 Å². The van der Waals surface area contributed by atoms with Gasteiger partial charge in [-0.3, -0.25) is 0 Å². The van der Waals surface area contributed by atoms with Gasteiger partial charge in [0.1, 0.15) is 11.6 Å². The highest BCUT2D eigenvalue weighted by atomic mass is 19.1. The summed E-state index contributed by atoms with van der Waals surface area (Å²) in [4.78, 5) is 4.31. The maximum absolute atomic E-state index is 13.6. The molecule has 1 aromatic carbocycles. The van der Waals surface area contributed by atoms with E-state index in [4.69, 9.17) is 0 Å². The molecule has 0 N–H and O–H groups in total. The van der Waals surface area contributed by atoms with E-state index >= 15 is 0 Å². The molecule has 0 aliphatic carbocycles. The molecule has 0 aliphatic rings. The van der Waals surface area contributed by atoms with Crippen molar-refractivity contribution in [3.8, 4) is 0 Å². The molecular weight excluding hydrogens is 229 g/mol. The quantitative estimate of drug-likeness (QED) is 0.690. The number of benzene rings is 1. The van der Waals surface area contributed by atoms with Crippen molar-refractivity contribution in [2.45, 2.75) is 13.3 Å². The monoisotopic (exact) mass is 241 g/mol. The Morgan fingerprint density at radius 1 is 1.17 bits per heavy atom. The van der Waals surface area contributed by atoms with Crippen LogP contribution in [0, 0.1) is 12.7 Å². The number of imidazole rings is 1. The summed E-state index contributed by atoms with van der Waals surface area (Å²) in [7, 11) is 0. The molecule has 0 saturated carbocycles. The number of nitrogens with zero attached hydrogens (tertiary/aromatic N) is 3. The van der Waals surface area contributed by atoms with Gasteiger partial charge in [-0.1, -0.05) is 18.2 Å². The van der Waals surface area contributed by atoms with Gasteiger partial charge in [0.05, 0.1) is 17.4 Å². The van der Waals surface area contributed by atoms with Crippen LogP contribution in [0.2, 0.25) is 0 Å². The lowest BCUT2D eigenvalue weighted by molar-refractivity contribution is 0.611. The van der Waals surface area contributed by atoms with Gasteiger partial charge in [0.2, 0.25) is 0 Å². The van der Waals surface area contributed by atoms with Gasteiger partial charge in [0.25, 0.3) is 0 Å². The molecule has 2 heterocycles. The lowest BCUT2D eigenvalue weighted by Gasteiger charge is -2.03. The second-order valence-electron chi connectivity index (χ2n) is 4.25. The van der Waals surface area contributed by atoms with E-state index in [0.29, 0.717) is 12.0 Å². The Morgan fingerprint density at radius 2 is 2.00 bits per heavy atom. The van der Waals surface area contributed by atoms with E-state index in [0.717, 1.165) is 17.0 Å². The standard InChI is InChI=1S/C14H12FN3/c1-10-6-7-12-9-16-14(18(12)17-10)8-11-4-2-3-5-13(11)15/h2-7,9H,8H2,1H3. The fraction of sp³-hybridized carbons (Fsp3) is 0.143. The van der Waals surface area contributed by atoms with Crippen LogP contribution in [0.5, 0.6) is 0 Å². The molecule has 0 fully saturated rings. The number of halogens is 1. The molecule has 0 amide bonds. The Kier molecular flexibility index (Phi) is 2.55. The Bertz CT molecular complexity index is 703. The zero-order valence-corrected chi connectivity index (χ0v) is 9.97. The summed E-state index contributed by atoms with van der Waals surface area (Å²) in [6, 6.07) is 10.6. The van der Waals surface area contributed by atoms with E-state index in [1.54, 1.807) is 22.8 Å². The van der Waals surface area contributed by atoms with Crippen LogP contribution >= 0.6 is 0 Å². The zero-order chi connectivity index (χ0) is 12.5. The number of rotatable bonds is 2. The van der Waals surface area contributed by atoms with Crippen molar-refractivity contribution in [3.63, 3.8) is 0 Å². The molecule has 0 aliphatic heterocycles. The molecule has 0 bridgehead atoms. The molecule has 0 atom stereocenters. The fourth-order valence-electron chi connectivity index (χ4n) is 1.96. The zero-order valence-electron chi connectivity index (χ0n) is 9.97. The van der Waals surface area contributed by atoms with Gasteiger partial charge in [-0.25, -0.2) is 13.9 Å². The summed E-state index contributed by atoms with van der Waals surface area (Å²) in [6.07, 6.45) is 2.19. The molecule has 0 saturated heterocycles. The van der Waals surface area contributed by atoms with Gasteiger partial charge < -0.3 is 0 Å². The van der Waals surface area contributed by atoms with Crippen LogP contribution in [0.3, 0.4) is 0 Å².